The van der Waals surface area contributed by atoms with Gasteiger partial charge in [-0.3, -0.25) is 9.69 Å². The summed E-state index contributed by atoms with van der Waals surface area (Å²) in [7, 11) is 0. The molecule has 0 aromatic rings. The van der Waals surface area contributed by atoms with E-state index in [1.54, 1.807) is 0 Å². The van der Waals surface area contributed by atoms with Gasteiger partial charge in [0.05, 0.1) is 18.8 Å². The zero-order valence-electron chi connectivity index (χ0n) is 11.2. The van der Waals surface area contributed by atoms with Gasteiger partial charge in [0.25, 0.3) is 0 Å². The second-order valence-electron chi connectivity index (χ2n) is 5.69. The number of hydrogen-bond acceptors (Lipinski definition) is 4. The molecule has 0 amide bonds. The average molecular weight is 257 g/mol. The molecule has 3 atom stereocenters. The quantitative estimate of drug-likeness (QED) is 0.816. The Morgan fingerprint density at radius 3 is 2.56 bits per heavy atom. The van der Waals surface area contributed by atoms with E-state index >= 15 is 0 Å². The van der Waals surface area contributed by atoms with Crippen LogP contribution < -0.4 is 0 Å². The third-order valence-electron chi connectivity index (χ3n) is 3.80. The van der Waals surface area contributed by atoms with Crippen molar-refractivity contribution in [2.45, 2.75) is 38.9 Å². The average Bonchev–Trinajstić information content (AvgIpc) is 2.28. The summed E-state index contributed by atoms with van der Waals surface area (Å²) < 4.78 is 11.1. The van der Waals surface area contributed by atoms with E-state index in [0.717, 1.165) is 19.5 Å². The fourth-order valence-electron chi connectivity index (χ4n) is 3.05. The Labute approximate surface area is 108 Å². The number of morpholine rings is 1. The van der Waals surface area contributed by atoms with Crippen LogP contribution in [0.5, 0.6) is 0 Å². The fourth-order valence-corrected chi connectivity index (χ4v) is 3.05. The topological polar surface area (TPSA) is 59.0 Å². The third kappa shape index (κ3) is 3.02. The first-order valence-electron chi connectivity index (χ1n) is 6.71. The minimum absolute atomic E-state index is 0.170. The summed E-state index contributed by atoms with van der Waals surface area (Å²) in [6, 6.07) is 0. The molecular weight excluding hydrogens is 234 g/mol. The molecule has 2 fully saturated rings. The number of nitrogens with zero attached hydrogens (tertiary/aromatic N) is 1. The highest BCUT2D eigenvalue weighted by atomic mass is 16.5. The van der Waals surface area contributed by atoms with Gasteiger partial charge in [-0.15, -0.1) is 0 Å². The number of aliphatic carboxylic acids is 1. The SMILES string of the molecule is C[C@@H]1CN(CC2(C(=O)O)CCCOC2)C[C@H](C)O1. The minimum Gasteiger partial charge on any atom is -0.481 e. The van der Waals surface area contributed by atoms with Crippen LogP contribution in [0.3, 0.4) is 0 Å². The van der Waals surface area contributed by atoms with Gasteiger partial charge in [0.1, 0.15) is 5.41 Å². The van der Waals surface area contributed by atoms with Crippen molar-refractivity contribution in [2.24, 2.45) is 5.41 Å². The van der Waals surface area contributed by atoms with E-state index in [0.29, 0.717) is 26.2 Å². The van der Waals surface area contributed by atoms with Gasteiger partial charge in [-0.05, 0) is 26.7 Å². The van der Waals surface area contributed by atoms with E-state index < -0.39 is 11.4 Å². The number of ether oxygens (including phenoxy) is 2. The number of carboxylic acids is 1. The molecule has 1 N–H and O–H groups in total. The summed E-state index contributed by atoms with van der Waals surface area (Å²) in [5, 5.41) is 9.51. The molecule has 0 radical (unpaired) electrons. The molecule has 2 rings (SSSR count). The van der Waals surface area contributed by atoms with Crippen molar-refractivity contribution in [1.29, 1.82) is 0 Å². The standard InChI is InChI=1S/C13H23NO4/c1-10-6-14(7-11(2)18-10)8-13(12(15)16)4-3-5-17-9-13/h10-11H,3-9H2,1-2H3,(H,15,16)/t10-,11+,13?. The molecule has 0 spiro atoms. The van der Waals surface area contributed by atoms with Gasteiger partial charge in [-0.2, -0.15) is 0 Å². The Balaban J connectivity index is 2.02. The van der Waals surface area contributed by atoms with Crippen molar-refractivity contribution in [3.63, 3.8) is 0 Å². The van der Waals surface area contributed by atoms with Crippen molar-refractivity contribution in [2.75, 3.05) is 32.8 Å². The van der Waals surface area contributed by atoms with E-state index in [1.807, 2.05) is 13.8 Å². The first-order valence-corrected chi connectivity index (χ1v) is 6.71. The lowest BCUT2D eigenvalue weighted by atomic mass is 9.81. The van der Waals surface area contributed by atoms with E-state index in [2.05, 4.69) is 4.90 Å². The maximum absolute atomic E-state index is 11.6. The van der Waals surface area contributed by atoms with E-state index in [9.17, 15) is 9.90 Å². The minimum atomic E-state index is -0.728. The highest BCUT2D eigenvalue weighted by Gasteiger charge is 2.43. The lowest BCUT2D eigenvalue weighted by Gasteiger charge is -2.41. The van der Waals surface area contributed by atoms with Crippen LogP contribution in [0.15, 0.2) is 0 Å². The van der Waals surface area contributed by atoms with Gasteiger partial charge >= 0.3 is 5.97 Å². The molecule has 0 bridgehead atoms. The summed E-state index contributed by atoms with van der Waals surface area (Å²) in [6.07, 6.45) is 1.89. The third-order valence-corrected chi connectivity index (χ3v) is 3.80. The second kappa shape index (κ2) is 5.55. The van der Waals surface area contributed by atoms with Crippen LogP contribution in [-0.2, 0) is 14.3 Å². The van der Waals surface area contributed by atoms with Crippen LogP contribution in [0.2, 0.25) is 0 Å². The van der Waals surface area contributed by atoms with Crippen molar-refractivity contribution < 1.29 is 19.4 Å². The van der Waals surface area contributed by atoms with E-state index in [-0.39, 0.29) is 12.2 Å². The van der Waals surface area contributed by atoms with Crippen LogP contribution in [0.1, 0.15) is 26.7 Å². The fraction of sp³-hybridized carbons (Fsp3) is 0.923. The summed E-state index contributed by atoms with van der Waals surface area (Å²) in [5.74, 6) is -0.728. The van der Waals surface area contributed by atoms with Crippen LogP contribution in [-0.4, -0.2) is 61.0 Å². The largest absolute Gasteiger partial charge is 0.481 e. The van der Waals surface area contributed by atoms with Crippen molar-refractivity contribution in [3.8, 4) is 0 Å². The Morgan fingerprint density at radius 1 is 1.39 bits per heavy atom. The van der Waals surface area contributed by atoms with Gasteiger partial charge in [0, 0.05) is 26.2 Å². The van der Waals surface area contributed by atoms with Gasteiger partial charge in [-0.1, -0.05) is 0 Å². The zero-order valence-corrected chi connectivity index (χ0v) is 11.2. The van der Waals surface area contributed by atoms with Crippen molar-refractivity contribution in [3.05, 3.63) is 0 Å². The Morgan fingerprint density at radius 2 is 2.06 bits per heavy atom. The number of carbonyl (C=O) groups is 1. The number of carboxylic acid groups (broad SMARTS) is 1. The molecule has 0 aliphatic carbocycles. The predicted octanol–water partition coefficient (Wildman–Crippen LogP) is 0.977. The Kier molecular flexibility index (Phi) is 4.25. The maximum atomic E-state index is 11.6. The van der Waals surface area contributed by atoms with Crippen LogP contribution in [0.25, 0.3) is 0 Å². The first kappa shape index (κ1) is 13.8. The van der Waals surface area contributed by atoms with Crippen LogP contribution in [0.4, 0.5) is 0 Å². The van der Waals surface area contributed by atoms with E-state index in [1.165, 1.54) is 0 Å². The number of hydrogen-bond donors (Lipinski definition) is 1. The zero-order chi connectivity index (χ0) is 13.2. The highest BCUT2D eigenvalue weighted by molar-refractivity contribution is 5.75. The van der Waals surface area contributed by atoms with Crippen molar-refractivity contribution in [1.82, 2.24) is 4.90 Å². The van der Waals surface area contributed by atoms with Gasteiger partial charge in [0.2, 0.25) is 0 Å². The highest BCUT2D eigenvalue weighted by Crippen LogP contribution is 2.31. The molecule has 1 unspecified atom stereocenters. The summed E-state index contributed by atoms with van der Waals surface area (Å²) in [4.78, 5) is 13.8. The molecule has 2 aliphatic rings. The molecule has 2 heterocycles. The normalized spacial score (nSPS) is 38.6. The number of rotatable bonds is 3. The molecular formula is C13H23NO4. The first-order chi connectivity index (χ1) is 8.52. The summed E-state index contributed by atoms with van der Waals surface area (Å²) >= 11 is 0. The Hall–Kier alpha value is -0.650. The molecule has 0 aromatic heterocycles. The van der Waals surface area contributed by atoms with Crippen LogP contribution >= 0.6 is 0 Å². The van der Waals surface area contributed by atoms with Gasteiger partial charge in [0.15, 0.2) is 0 Å². The second-order valence-corrected chi connectivity index (χ2v) is 5.69. The van der Waals surface area contributed by atoms with Gasteiger partial charge in [-0.25, -0.2) is 0 Å². The molecule has 104 valence electrons. The molecule has 0 aromatic carbocycles. The lowest BCUT2D eigenvalue weighted by Crippen LogP contribution is -2.54. The predicted molar refractivity (Wildman–Crippen MR) is 66.6 cm³/mol. The summed E-state index contributed by atoms with van der Waals surface area (Å²) in [6.45, 7) is 7.27. The molecule has 0 saturated carbocycles. The molecule has 2 aliphatic heterocycles. The van der Waals surface area contributed by atoms with Crippen molar-refractivity contribution >= 4 is 5.97 Å². The Bertz CT molecular complexity index is 291. The molecule has 5 heteroatoms. The maximum Gasteiger partial charge on any atom is 0.313 e. The van der Waals surface area contributed by atoms with Gasteiger partial charge < -0.3 is 14.6 Å². The van der Waals surface area contributed by atoms with E-state index in [4.69, 9.17) is 9.47 Å². The monoisotopic (exact) mass is 257 g/mol. The smallest absolute Gasteiger partial charge is 0.313 e. The molecule has 5 nitrogen and oxygen atoms in total. The molecule has 2 saturated heterocycles. The lowest BCUT2D eigenvalue weighted by molar-refractivity contribution is -0.162. The molecule has 18 heavy (non-hydrogen) atoms. The van der Waals surface area contributed by atoms with Crippen LogP contribution in [0, 0.1) is 5.41 Å². The summed E-state index contributed by atoms with van der Waals surface area (Å²) in [5.41, 5.74) is -0.727.